The molecule has 2 aliphatic heterocycles. The van der Waals surface area contributed by atoms with Gasteiger partial charge in [-0.05, 0) is 116 Å². The van der Waals surface area contributed by atoms with Crippen molar-refractivity contribution in [3.8, 4) is 22.6 Å². The van der Waals surface area contributed by atoms with Crippen LogP contribution in [-0.4, -0.2) is 96.1 Å². The molecule has 14 nitrogen and oxygen atoms in total. The molecule has 5 heterocycles. The van der Waals surface area contributed by atoms with Gasteiger partial charge >= 0.3 is 12.2 Å². The molecule has 1 aromatic carbocycles. The molecule has 2 aliphatic rings. The minimum Gasteiger partial charge on any atom is -0.444 e. The van der Waals surface area contributed by atoms with Crippen LogP contribution in [-0.2, 0) is 20.8 Å². The number of carbonyl (C=O) groups excluding carboxylic acids is 3. The number of likely N-dealkylation sites (tertiary alicyclic amines) is 1. The number of fused-ring (bicyclic) bond motifs is 1. The zero-order chi connectivity index (χ0) is 38.8. The Hall–Kier alpha value is -4.98. The van der Waals surface area contributed by atoms with Crippen LogP contribution >= 0.6 is 0 Å². The average Bonchev–Trinajstić information content (AvgIpc) is 3.76. The molecule has 290 valence electrons. The number of hydrogen-bond acceptors (Lipinski definition) is 9. The highest BCUT2D eigenvalue weighted by atomic mass is 16.6. The molecule has 0 aliphatic carbocycles. The van der Waals surface area contributed by atoms with Crippen LogP contribution < -0.4 is 5.32 Å². The van der Waals surface area contributed by atoms with Gasteiger partial charge in [-0.15, -0.1) is 0 Å². The predicted molar refractivity (Wildman–Crippen MR) is 205 cm³/mol. The van der Waals surface area contributed by atoms with E-state index in [-0.39, 0.29) is 30.4 Å². The van der Waals surface area contributed by atoms with Gasteiger partial charge in [0.15, 0.2) is 12.1 Å². The summed E-state index contributed by atoms with van der Waals surface area (Å²) in [5.41, 5.74) is 4.45. The zero-order valence-electron chi connectivity index (χ0n) is 32.8. The number of pyridine rings is 1. The lowest BCUT2D eigenvalue weighted by Gasteiger charge is -2.33. The van der Waals surface area contributed by atoms with Crippen LogP contribution in [0.25, 0.3) is 33.5 Å². The summed E-state index contributed by atoms with van der Waals surface area (Å²) in [6.07, 6.45) is 8.39. The number of aromatic amines is 1. The van der Waals surface area contributed by atoms with Gasteiger partial charge in [0.25, 0.3) is 5.91 Å². The fourth-order valence-corrected chi connectivity index (χ4v) is 6.83. The van der Waals surface area contributed by atoms with E-state index in [2.05, 4.69) is 32.4 Å². The lowest BCUT2D eigenvalue weighted by molar-refractivity contribution is -0.0365. The molecule has 0 spiro atoms. The zero-order valence-corrected chi connectivity index (χ0v) is 32.8. The highest BCUT2D eigenvalue weighted by Crippen LogP contribution is 2.36. The smallest absolute Gasteiger partial charge is 0.410 e. The van der Waals surface area contributed by atoms with E-state index < -0.39 is 11.2 Å². The molecule has 6 rings (SSSR count). The number of hydrogen-bond donors (Lipinski definition) is 2. The first-order valence-electron chi connectivity index (χ1n) is 19.0. The summed E-state index contributed by atoms with van der Waals surface area (Å²) in [5.74, 6) is 0.201. The van der Waals surface area contributed by atoms with Gasteiger partial charge in [0.2, 0.25) is 0 Å². The van der Waals surface area contributed by atoms with Crippen molar-refractivity contribution in [3.05, 3.63) is 53.6 Å². The fraction of sp³-hybridized carbons (Fsp3) is 0.550. The van der Waals surface area contributed by atoms with Crippen molar-refractivity contribution in [3.63, 3.8) is 0 Å². The van der Waals surface area contributed by atoms with Crippen molar-refractivity contribution in [1.82, 2.24) is 39.8 Å². The van der Waals surface area contributed by atoms with Gasteiger partial charge < -0.3 is 34.3 Å². The van der Waals surface area contributed by atoms with Gasteiger partial charge in [-0.3, -0.25) is 9.78 Å². The largest absolute Gasteiger partial charge is 0.444 e. The Morgan fingerprint density at radius 1 is 1.00 bits per heavy atom. The van der Waals surface area contributed by atoms with Gasteiger partial charge in [0.1, 0.15) is 22.6 Å². The minimum absolute atomic E-state index is 0.0878. The van der Waals surface area contributed by atoms with Gasteiger partial charge in [-0.25, -0.2) is 19.3 Å². The Balaban J connectivity index is 1.25. The lowest BCUT2D eigenvalue weighted by atomic mass is 9.97. The van der Waals surface area contributed by atoms with Crippen LogP contribution in [0.15, 0.2) is 36.8 Å². The summed E-state index contributed by atoms with van der Waals surface area (Å²) in [4.78, 5) is 54.7. The Labute approximate surface area is 316 Å². The number of rotatable bonds is 8. The van der Waals surface area contributed by atoms with Crippen LogP contribution in [0.2, 0.25) is 0 Å². The molecule has 1 unspecified atom stereocenters. The Morgan fingerprint density at radius 3 is 2.41 bits per heavy atom. The van der Waals surface area contributed by atoms with E-state index in [9.17, 15) is 14.4 Å². The molecule has 3 amide bonds. The number of carbonyl (C=O) groups is 3. The molecule has 2 N–H and O–H groups in total. The fourth-order valence-electron chi connectivity index (χ4n) is 6.83. The second-order valence-corrected chi connectivity index (χ2v) is 16.2. The number of ether oxygens (including phenoxy) is 3. The van der Waals surface area contributed by atoms with Crippen molar-refractivity contribution < 1.29 is 28.6 Å². The third kappa shape index (κ3) is 9.03. The molecule has 0 saturated carbocycles. The SMILES string of the molecule is CCN(Cc1cncc(-c2ccc3c(c2)c(-c2ncc(C(=O)NC4CCN(C(=O)OC(C)(C)C)CC4)[nH]2)nn3C2CCCCO2)c1C)C(=O)OC(C)(C)C. The van der Waals surface area contributed by atoms with Gasteiger partial charge in [0, 0.05) is 55.6 Å². The van der Waals surface area contributed by atoms with E-state index in [1.165, 1.54) is 6.20 Å². The standard InChI is InChI=1S/C40H54N8O6/c1-9-46(37(50)53-39(3,4)5)24-27-21-41-22-30(25(27)2)26-13-14-32-29(20-26)34(45-48(32)33-12-10-11-19-52-33)35-42-23-31(44-35)36(49)43-28-15-17-47(18-16-28)38(51)54-40(6,7)8/h13-14,20-23,28,33H,9-12,15-19,24H2,1-8H3,(H,42,44)(H,43,49). The van der Waals surface area contributed by atoms with E-state index in [0.29, 0.717) is 62.8 Å². The molecule has 1 atom stereocenters. The maximum absolute atomic E-state index is 13.4. The Morgan fingerprint density at radius 2 is 1.74 bits per heavy atom. The number of amides is 3. The summed E-state index contributed by atoms with van der Waals surface area (Å²) in [7, 11) is 0. The minimum atomic E-state index is -0.596. The van der Waals surface area contributed by atoms with Crippen molar-refractivity contribution in [2.24, 2.45) is 0 Å². The average molecular weight is 743 g/mol. The third-order valence-electron chi connectivity index (χ3n) is 9.69. The first kappa shape index (κ1) is 38.7. The van der Waals surface area contributed by atoms with E-state index in [1.807, 2.05) is 72.3 Å². The second-order valence-electron chi connectivity index (χ2n) is 16.2. The van der Waals surface area contributed by atoms with Crippen molar-refractivity contribution in [2.45, 2.75) is 118 Å². The summed E-state index contributed by atoms with van der Waals surface area (Å²) in [6, 6.07) is 6.10. The molecule has 2 saturated heterocycles. The van der Waals surface area contributed by atoms with Crippen molar-refractivity contribution >= 4 is 29.0 Å². The molecule has 0 radical (unpaired) electrons. The van der Waals surface area contributed by atoms with Gasteiger partial charge in [-0.1, -0.05) is 6.07 Å². The normalized spacial score (nSPS) is 17.0. The topological polar surface area (TPSA) is 157 Å². The first-order chi connectivity index (χ1) is 25.6. The highest BCUT2D eigenvalue weighted by Gasteiger charge is 2.29. The number of nitrogens with one attached hydrogen (secondary N) is 2. The van der Waals surface area contributed by atoms with E-state index >= 15 is 0 Å². The van der Waals surface area contributed by atoms with Crippen LogP contribution in [0.5, 0.6) is 0 Å². The molecule has 14 heteroatoms. The maximum atomic E-state index is 13.4. The summed E-state index contributed by atoms with van der Waals surface area (Å²) < 4.78 is 19.2. The molecule has 3 aromatic heterocycles. The van der Waals surface area contributed by atoms with Crippen molar-refractivity contribution in [2.75, 3.05) is 26.2 Å². The van der Waals surface area contributed by atoms with Crippen molar-refractivity contribution in [1.29, 1.82) is 0 Å². The number of aromatic nitrogens is 5. The summed E-state index contributed by atoms with van der Waals surface area (Å²) in [6.45, 7) is 17.6. The molecular weight excluding hydrogens is 688 g/mol. The first-order valence-corrected chi connectivity index (χ1v) is 19.0. The number of H-pyrrole nitrogens is 1. The Kier molecular flexibility index (Phi) is 11.3. The molecular formula is C40H54N8O6. The summed E-state index contributed by atoms with van der Waals surface area (Å²) in [5, 5.41) is 9.00. The van der Waals surface area contributed by atoms with E-state index in [0.717, 1.165) is 52.4 Å². The maximum Gasteiger partial charge on any atom is 0.410 e. The van der Waals surface area contributed by atoms with E-state index in [1.54, 1.807) is 16.0 Å². The number of nitrogens with zero attached hydrogens (tertiary/aromatic N) is 6. The molecule has 0 bridgehead atoms. The van der Waals surface area contributed by atoms with Gasteiger partial charge in [0.05, 0.1) is 18.3 Å². The van der Waals surface area contributed by atoms with Crippen LogP contribution in [0.4, 0.5) is 9.59 Å². The molecule has 2 fully saturated rings. The third-order valence-corrected chi connectivity index (χ3v) is 9.69. The summed E-state index contributed by atoms with van der Waals surface area (Å²) >= 11 is 0. The van der Waals surface area contributed by atoms with Crippen LogP contribution in [0.1, 0.15) is 108 Å². The van der Waals surface area contributed by atoms with Crippen LogP contribution in [0.3, 0.4) is 0 Å². The van der Waals surface area contributed by atoms with Gasteiger partial charge in [-0.2, -0.15) is 5.10 Å². The quantitative estimate of drug-likeness (QED) is 0.188. The second kappa shape index (κ2) is 15.8. The monoisotopic (exact) mass is 742 g/mol. The molecule has 54 heavy (non-hydrogen) atoms. The highest BCUT2D eigenvalue weighted by molar-refractivity contribution is 5.97. The predicted octanol–water partition coefficient (Wildman–Crippen LogP) is 7.38. The Bertz CT molecular complexity index is 1980. The van der Waals surface area contributed by atoms with Crippen LogP contribution in [0, 0.1) is 6.92 Å². The number of benzene rings is 1. The lowest BCUT2D eigenvalue weighted by Crippen LogP contribution is -2.47. The number of piperidine rings is 1. The van der Waals surface area contributed by atoms with E-state index in [4.69, 9.17) is 19.3 Å². The molecule has 4 aromatic rings. The number of imidazole rings is 1.